The SMILES string of the molecule is CC(C)C[C@H](NC(=O)c1ccc(-c2cncc(C(=O)O)n2)cc1)C(N)=O. The standard InChI is InChI=1S/C18H20N4O4/c1-10(2)7-13(16(19)23)22-17(24)12-5-3-11(4-6-12)14-8-20-9-15(21-14)18(25)26/h3-6,8-10,13H,7H2,1-2H3,(H2,19,23)(H,22,24)(H,25,26)/t13-/m0/s1. The third-order valence-electron chi connectivity index (χ3n) is 3.65. The Morgan fingerprint density at radius 3 is 2.35 bits per heavy atom. The smallest absolute Gasteiger partial charge is 0.356 e. The fourth-order valence-corrected chi connectivity index (χ4v) is 2.36. The maximum atomic E-state index is 12.3. The summed E-state index contributed by atoms with van der Waals surface area (Å²) in [5.41, 5.74) is 6.52. The molecule has 1 aromatic heterocycles. The molecule has 0 spiro atoms. The van der Waals surface area contributed by atoms with Gasteiger partial charge in [-0.15, -0.1) is 0 Å². The van der Waals surface area contributed by atoms with E-state index >= 15 is 0 Å². The number of hydrogen-bond acceptors (Lipinski definition) is 5. The first-order valence-corrected chi connectivity index (χ1v) is 8.04. The van der Waals surface area contributed by atoms with Gasteiger partial charge in [-0.05, 0) is 24.5 Å². The molecule has 2 rings (SSSR count). The predicted molar refractivity (Wildman–Crippen MR) is 94.3 cm³/mol. The van der Waals surface area contributed by atoms with Crippen molar-refractivity contribution >= 4 is 17.8 Å². The van der Waals surface area contributed by atoms with Gasteiger partial charge in [0.25, 0.3) is 5.91 Å². The third kappa shape index (κ3) is 4.85. The normalized spacial score (nSPS) is 11.8. The van der Waals surface area contributed by atoms with Crippen LogP contribution in [0.3, 0.4) is 0 Å². The zero-order valence-electron chi connectivity index (χ0n) is 14.5. The second-order valence-electron chi connectivity index (χ2n) is 6.23. The number of primary amides is 1. The minimum atomic E-state index is -1.17. The van der Waals surface area contributed by atoms with Crippen molar-refractivity contribution in [3.63, 3.8) is 0 Å². The van der Waals surface area contributed by atoms with Gasteiger partial charge in [-0.2, -0.15) is 0 Å². The molecule has 1 atom stereocenters. The number of nitrogens with one attached hydrogen (secondary N) is 1. The van der Waals surface area contributed by atoms with Gasteiger partial charge < -0.3 is 16.2 Å². The highest BCUT2D eigenvalue weighted by Gasteiger charge is 2.20. The van der Waals surface area contributed by atoms with Gasteiger partial charge in [0.1, 0.15) is 6.04 Å². The van der Waals surface area contributed by atoms with Crippen LogP contribution < -0.4 is 11.1 Å². The van der Waals surface area contributed by atoms with Gasteiger partial charge in [0.2, 0.25) is 5.91 Å². The van der Waals surface area contributed by atoms with Crippen LogP contribution in [0, 0.1) is 5.92 Å². The number of carbonyl (C=O) groups is 3. The number of aromatic nitrogens is 2. The van der Waals surface area contributed by atoms with Crippen molar-refractivity contribution in [3.05, 3.63) is 47.9 Å². The van der Waals surface area contributed by atoms with E-state index in [4.69, 9.17) is 10.8 Å². The van der Waals surface area contributed by atoms with E-state index in [1.165, 1.54) is 6.20 Å². The second kappa shape index (κ2) is 8.19. The molecule has 0 aliphatic rings. The number of hydrogen-bond donors (Lipinski definition) is 3. The first-order valence-electron chi connectivity index (χ1n) is 8.04. The number of nitrogens with two attached hydrogens (primary N) is 1. The van der Waals surface area contributed by atoms with Gasteiger partial charge in [-0.25, -0.2) is 9.78 Å². The maximum absolute atomic E-state index is 12.3. The summed E-state index contributed by atoms with van der Waals surface area (Å²) < 4.78 is 0. The Morgan fingerprint density at radius 2 is 1.81 bits per heavy atom. The van der Waals surface area contributed by atoms with Crippen LogP contribution in [0.2, 0.25) is 0 Å². The van der Waals surface area contributed by atoms with Crippen LogP contribution in [0.15, 0.2) is 36.7 Å². The summed E-state index contributed by atoms with van der Waals surface area (Å²) in [4.78, 5) is 42.6. The van der Waals surface area contributed by atoms with Crippen LogP contribution in [0.1, 0.15) is 41.1 Å². The number of rotatable bonds is 7. The summed E-state index contributed by atoms with van der Waals surface area (Å²) in [6.07, 6.45) is 3.05. The molecule has 1 heterocycles. The van der Waals surface area contributed by atoms with Gasteiger partial charge in [-0.1, -0.05) is 26.0 Å². The number of carboxylic acids is 1. The Kier molecular flexibility index (Phi) is 6.00. The molecule has 0 bridgehead atoms. The van der Waals surface area contributed by atoms with Crippen LogP contribution in [-0.4, -0.2) is 38.9 Å². The number of benzene rings is 1. The van der Waals surface area contributed by atoms with E-state index in [0.717, 1.165) is 6.20 Å². The van der Waals surface area contributed by atoms with Crippen molar-refractivity contribution in [1.29, 1.82) is 0 Å². The van der Waals surface area contributed by atoms with Gasteiger partial charge in [-0.3, -0.25) is 14.6 Å². The lowest BCUT2D eigenvalue weighted by Gasteiger charge is -2.17. The first kappa shape index (κ1) is 19.0. The maximum Gasteiger partial charge on any atom is 0.356 e. The first-order chi connectivity index (χ1) is 12.3. The molecule has 8 heteroatoms. The van der Waals surface area contributed by atoms with Crippen molar-refractivity contribution < 1.29 is 19.5 Å². The quantitative estimate of drug-likeness (QED) is 0.687. The molecule has 4 N–H and O–H groups in total. The van der Waals surface area contributed by atoms with Gasteiger partial charge in [0.05, 0.1) is 18.1 Å². The molecule has 0 fully saturated rings. The van der Waals surface area contributed by atoms with Crippen LogP contribution in [0.4, 0.5) is 0 Å². The predicted octanol–water partition coefficient (Wildman–Crippen LogP) is 1.47. The van der Waals surface area contributed by atoms with E-state index in [1.807, 2.05) is 13.8 Å². The molecule has 0 unspecified atom stereocenters. The monoisotopic (exact) mass is 356 g/mol. The highest BCUT2D eigenvalue weighted by molar-refractivity contribution is 5.97. The average molecular weight is 356 g/mol. The zero-order valence-corrected chi connectivity index (χ0v) is 14.5. The van der Waals surface area contributed by atoms with Gasteiger partial charge >= 0.3 is 5.97 Å². The van der Waals surface area contributed by atoms with Crippen LogP contribution >= 0.6 is 0 Å². The van der Waals surface area contributed by atoms with Crippen molar-refractivity contribution in [1.82, 2.24) is 15.3 Å². The molecule has 0 aliphatic heterocycles. The summed E-state index contributed by atoms with van der Waals surface area (Å²) in [5, 5.41) is 11.6. The Bertz CT molecular complexity index is 818. The molecule has 2 amide bonds. The molecule has 26 heavy (non-hydrogen) atoms. The van der Waals surface area contributed by atoms with Gasteiger partial charge in [0, 0.05) is 11.1 Å². The van der Waals surface area contributed by atoms with E-state index < -0.39 is 23.8 Å². The van der Waals surface area contributed by atoms with Gasteiger partial charge in [0.15, 0.2) is 5.69 Å². The van der Waals surface area contributed by atoms with E-state index in [-0.39, 0.29) is 11.6 Å². The molecular weight excluding hydrogens is 336 g/mol. The lowest BCUT2D eigenvalue weighted by molar-refractivity contribution is -0.120. The summed E-state index contributed by atoms with van der Waals surface area (Å²) in [5.74, 6) is -1.95. The van der Waals surface area contributed by atoms with Crippen LogP contribution in [0.25, 0.3) is 11.3 Å². The molecule has 0 radical (unpaired) electrons. The molecule has 8 nitrogen and oxygen atoms in total. The minimum Gasteiger partial charge on any atom is -0.476 e. The number of aromatic carboxylic acids is 1. The number of amides is 2. The molecule has 0 saturated carbocycles. The lowest BCUT2D eigenvalue weighted by atomic mass is 10.0. The Hall–Kier alpha value is -3.29. The van der Waals surface area contributed by atoms with E-state index in [1.54, 1.807) is 24.3 Å². The molecule has 1 aromatic carbocycles. The van der Waals surface area contributed by atoms with Crippen molar-refractivity contribution in [2.45, 2.75) is 26.3 Å². The van der Waals surface area contributed by atoms with Crippen molar-refractivity contribution in [3.8, 4) is 11.3 Å². The third-order valence-corrected chi connectivity index (χ3v) is 3.65. The average Bonchev–Trinajstić information content (AvgIpc) is 2.60. The van der Waals surface area contributed by atoms with E-state index in [9.17, 15) is 14.4 Å². The fraction of sp³-hybridized carbons (Fsp3) is 0.278. The Balaban J connectivity index is 2.16. The molecule has 2 aromatic rings. The largest absolute Gasteiger partial charge is 0.476 e. The molecule has 136 valence electrons. The highest BCUT2D eigenvalue weighted by atomic mass is 16.4. The summed E-state index contributed by atoms with van der Waals surface area (Å²) in [6.45, 7) is 3.87. The highest BCUT2D eigenvalue weighted by Crippen LogP contribution is 2.17. The van der Waals surface area contributed by atoms with Crippen molar-refractivity contribution in [2.24, 2.45) is 11.7 Å². The topological polar surface area (TPSA) is 135 Å². The fourth-order valence-electron chi connectivity index (χ4n) is 2.36. The van der Waals surface area contributed by atoms with E-state index in [2.05, 4.69) is 15.3 Å². The Morgan fingerprint density at radius 1 is 1.15 bits per heavy atom. The van der Waals surface area contributed by atoms with Crippen molar-refractivity contribution in [2.75, 3.05) is 0 Å². The molecular formula is C18H20N4O4. The van der Waals surface area contributed by atoms with Crippen LogP contribution in [0.5, 0.6) is 0 Å². The van der Waals surface area contributed by atoms with Crippen LogP contribution in [-0.2, 0) is 4.79 Å². The summed E-state index contributed by atoms with van der Waals surface area (Å²) in [6, 6.07) is 5.65. The lowest BCUT2D eigenvalue weighted by Crippen LogP contribution is -2.45. The minimum absolute atomic E-state index is 0.165. The summed E-state index contributed by atoms with van der Waals surface area (Å²) >= 11 is 0. The van der Waals surface area contributed by atoms with E-state index in [0.29, 0.717) is 23.2 Å². The second-order valence-corrected chi connectivity index (χ2v) is 6.23. The summed E-state index contributed by atoms with van der Waals surface area (Å²) in [7, 11) is 0. The molecule has 0 saturated heterocycles. The zero-order chi connectivity index (χ0) is 19.3. The number of carbonyl (C=O) groups excluding carboxylic acids is 2. The Labute approximate surface area is 150 Å². The number of nitrogens with zero attached hydrogens (tertiary/aromatic N) is 2. The molecule has 0 aliphatic carbocycles. The number of carboxylic acid groups (broad SMARTS) is 1.